The van der Waals surface area contributed by atoms with Gasteiger partial charge in [-0.1, -0.05) is 30.3 Å². The first-order valence-corrected chi connectivity index (χ1v) is 9.83. The molecular formula is C23H21N3O4. The molecule has 0 aliphatic carbocycles. The second-order valence-electron chi connectivity index (χ2n) is 7.04. The number of hydrogen-bond acceptors (Lipinski definition) is 5. The summed E-state index contributed by atoms with van der Waals surface area (Å²) in [4.78, 5) is 37.9. The molecule has 0 bridgehead atoms. The lowest BCUT2D eigenvalue weighted by atomic mass is 10.1. The molecule has 7 heteroatoms. The van der Waals surface area contributed by atoms with E-state index in [1.165, 1.54) is 4.90 Å². The molecular weight excluding hydrogens is 382 g/mol. The van der Waals surface area contributed by atoms with Crippen molar-refractivity contribution in [2.45, 2.75) is 19.3 Å². The summed E-state index contributed by atoms with van der Waals surface area (Å²) < 4.78 is 6.99. The van der Waals surface area contributed by atoms with E-state index in [0.717, 1.165) is 11.3 Å². The molecule has 0 radical (unpaired) electrons. The Morgan fingerprint density at radius 3 is 2.27 bits per heavy atom. The van der Waals surface area contributed by atoms with Gasteiger partial charge < -0.3 is 4.74 Å². The van der Waals surface area contributed by atoms with Gasteiger partial charge in [-0.25, -0.2) is 4.68 Å². The van der Waals surface area contributed by atoms with Crippen LogP contribution in [-0.4, -0.2) is 45.6 Å². The van der Waals surface area contributed by atoms with Crippen LogP contribution in [0.5, 0.6) is 0 Å². The molecule has 7 nitrogen and oxygen atoms in total. The number of amides is 2. The van der Waals surface area contributed by atoms with Crippen LogP contribution in [0.2, 0.25) is 0 Å². The number of fused-ring (bicyclic) bond motifs is 1. The minimum atomic E-state index is -0.330. The molecule has 1 aliphatic rings. The van der Waals surface area contributed by atoms with Crippen LogP contribution in [0.4, 0.5) is 0 Å². The van der Waals surface area contributed by atoms with Crippen molar-refractivity contribution in [3.05, 3.63) is 83.7 Å². The topological polar surface area (TPSA) is 81.5 Å². The van der Waals surface area contributed by atoms with Crippen molar-refractivity contribution in [1.29, 1.82) is 0 Å². The highest BCUT2D eigenvalue weighted by Gasteiger charge is 2.34. The first-order chi connectivity index (χ1) is 14.6. The fraction of sp³-hybridized carbons (Fsp3) is 0.217. The van der Waals surface area contributed by atoms with Crippen molar-refractivity contribution < 1.29 is 19.1 Å². The average molecular weight is 403 g/mol. The highest BCUT2D eigenvalue weighted by atomic mass is 16.5. The zero-order chi connectivity index (χ0) is 20.9. The summed E-state index contributed by atoms with van der Waals surface area (Å²) in [6.07, 6.45) is 4.74. The predicted molar refractivity (Wildman–Crippen MR) is 109 cm³/mol. The number of nitrogens with zero attached hydrogens (tertiary/aromatic N) is 3. The van der Waals surface area contributed by atoms with Gasteiger partial charge in [0.2, 0.25) is 0 Å². The number of hydrogen-bond donors (Lipinski definition) is 0. The van der Waals surface area contributed by atoms with Crippen LogP contribution in [0.1, 0.15) is 39.1 Å². The molecule has 4 rings (SSSR count). The van der Waals surface area contributed by atoms with Gasteiger partial charge >= 0.3 is 5.97 Å². The number of esters is 1. The lowest BCUT2D eigenvalue weighted by Gasteiger charge is -2.13. The molecule has 0 unspecified atom stereocenters. The first kappa shape index (κ1) is 19.6. The van der Waals surface area contributed by atoms with E-state index in [9.17, 15) is 14.4 Å². The molecule has 0 spiro atoms. The van der Waals surface area contributed by atoms with Crippen LogP contribution >= 0.6 is 0 Å². The molecule has 152 valence electrons. The Kier molecular flexibility index (Phi) is 5.70. The summed E-state index contributed by atoms with van der Waals surface area (Å²) in [6.45, 7) is 0.558. The van der Waals surface area contributed by atoms with Crippen molar-refractivity contribution in [3.8, 4) is 5.69 Å². The van der Waals surface area contributed by atoms with Crippen molar-refractivity contribution in [2.24, 2.45) is 0 Å². The summed E-state index contributed by atoms with van der Waals surface area (Å²) in [7, 11) is 0. The third-order valence-corrected chi connectivity index (χ3v) is 4.92. The molecule has 1 aliphatic heterocycles. The number of imide groups is 1. The van der Waals surface area contributed by atoms with Gasteiger partial charge in [0.1, 0.15) is 0 Å². The fourth-order valence-electron chi connectivity index (χ4n) is 3.39. The SMILES string of the molecule is O=C(Cc1cnn(-c2ccccc2)c1)OCCCCN1C(=O)c2ccccc2C1=O. The Labute approximate surface area is 173 Å². The van der Waals surface area contributed by atoms with Crippen molar-refractivity contribution in [2.75, 3.05) is 13.2 Å². The normalized spacial score (nSPS) is 12.9. The third kappa shape index (κ3) is 4.15. The summed E-state index contributed by atoms with van der Waals surface area (Å²) in [5.74, 6) is -0.852. The molecule has 2 aromatic carbocycles. The largest absolute Gasteiger partial charge is 0.465 e. The standard InChI is InChI=1S/C23H21N3O4/c27-21(14-17-15-24-26(16-17)18-8-2-1-3-9-18)30-13-7-6-12-25-22(28)19-10-4-5-11-20(19)23(25)29/h1-5,8-11,15-16H,6-7,12-14H2. The maximum Gasteiger partial charge on any atom is 0.310 e. The number of unbranched alkanes of at least 4 members (excludes halogenated alkanes) is 1. The van der Waals surface area contributed by atoms with E-state index in [0.29, 0.717) is 30.5 Å². The van der Waals surface area contributed by atoms with E-state index in [-0.39, 0.29) is 30.8 Å². The number of rotatable bonds is 8. The quantitative estimate of drug-likeness (QED) is 0.328. The molecule has 30 heavy (non-hydrogen) atoms. The van der Waals surface area contributed by atoms with Gasteiger partial charge in [-0.3, -0.25) is 19.3 Å². The average Bonchev–Trinajstić information content (AvgIpc) is 3.33. The van der Waals surface area contributed by atoms with E-state index in [1.807, 2.05) is 30.3 Å². The smallest absolute Gasteiger partial charge is 0.310 e. The van der Waals surface area contributed by atoms with Gasteiger partial charge in [-0.05, 0) is 37.1 Å². The van der Waals surface area contributed by atoms with Crippen LogP contribution in [0.3, 0.4) is 0 Å². The van der Waals surface area contributed by atoms with E-state index in [1.54, 1.807) is 41.3 Å². The van der Waals surface area contributed by atoms with Crippen molar-refractivity contribution in [3.63, 3.8) is 0 Å². The highest BCUT2D eigenvalue weighted by Crippen LogP contribution is 2.22. The minimum Gasteiger partial charge on any atom is -0.465 e. The predicted octanol–water partition coefficient (Wildman–Crippen LogP) is 3.03. The van der Waals surface area contributed by atoms with Crippen molar-refractivity contribution in [1.82, 2.24) is 14.7 Å². The summed E-state index contributed by atoms with van der Waals surface area (Å²) >= 11 is 0. The van der Waals surface area contributed by atoms with Gasteiger partial charge in [0, 0.05) is 18.3 Å². The Hall–Kier alpha value is -3.74. The van der Waals surface area contributed by atoms with Gasteiger partial charge in [-0.2, -0.15) is 5.10 Å². The van der Waals surface area contributed by atoms with E-state index in [2.05, 4.69) is 5.10 Å². The number of benzene rings is 2. The zero-order valence-corrected chi connectivity index (χ0v) is 16.4. The van der Waals surface area contributed by atoms with Gasteiger partial charge in [0.25, 0.3) is 11.8 Å². The van der Waals surface area contributed by atoms with Crippen LogP contribution in [-0.2, 0) is 16.0 Å². The number of carbonyl (C=O) groups is 3. The molecule has 0 fully saturated rings. The molecule has 0 saturated carbocycles. The summed E-state index contributed by atoms with van der Waals surface area (Å²) in [6, 6.07) is 16.5. The molecule has 3 aromatic rings. The zero-order valence-electron chi connectivity index (χ0n) is 16.4. The Balaban J connectivity index is 1.19. The van der Waals surface area contributed by atoms with E-state index < -0.39 is 0 Å². The Bertz CT molecular complexity index is 1040. The maximum atomic E-state index is 12.3. The molecule has 1 aromatic heterocycles. The maximum absolute atomic E-state index is 12.3. The van der Waals surface area contributed by atoms with E-state index in [4.69, 9.17) is 4.74 Å². The number of carbonyl (C=O) groups excluding carboxylic acids is 3. The monoisotopic (exact) mass is 403 g/mol. The minimum absolute atomic E-state index is 0.144. The first-order valence-electron chi connectivity index (χ1n) is 9.83. The second kappa shape index (κ2) is 8.73. The summed E-state index contributed by atoms with van der Waals surface area (Å²) in [5.41, 5.74) is 2.59. The molecule has 0 saturated heterocycles. The third-order valence-electron chi connectivity index (χ3n) is 4.92. The van der Waals surface area contributed by atoms with Crippen LogP contribution in [0, 0.1) is 0 Å². The lowest BCUT2D eigenvalue weighted by Crippen LogP contribution is -2.30. The Morgan fingerprint density at radius 1 is 0.900 bits per heavy atom. The van der Waals surface area contributed by atoms with Crippen LogP contribution < -0.4 is 0 Å². The van der Waals surface area contributed by atoms with Crippen molar-refractivity contribution >= 4 is 17.8 Å². The van der Waals surface area contributed by atoms with E-state index >= 15 is 0 Å². The van der Waals surface area contributed by atoms with Crippen LogP contribution in [0.15, 0.2) is 67.0 Å². The number of aromatic nitrogens is 2. The van der Waals surface area contributed by atoms with Gasteiger partial charge in [-0.15, -0.1) is 0 Å². The molecule has 2 amide bonds. The number of ether oxygens (including phenoxy) is 1. The van der Waals surface area contributed by atoms with Crippen LogP contribution in [0.25, 0.3) is 5.69 Å². The highest BCUT2D eigenvalue weighted by molar-refractivity contribution is 6.21. The fourth-order valence-corrected chi connectivity index (χ4v) is 3.39. The Morgan fingerprint density at radius 2 is 1.57 bits per heavy atom. The number of para-hydroxylation sites is 1. The second-order valence-corrected chi connectivity index (χ2v) is 7.04. The molecule has 0 N–H and O–H groups in total. The lowest BCUT2D eigenvalue weighted by molar-refractivity contribution is -0.142. The molecule has 0 atom stereocenters. The van der Waals surface area contributed by atoms with Gasteiger partial charge in [0.05, 0.1) is 36.0 Å². The summed E-state index contributed by atoms with van der Waals surface area (Å²) in [5, 5.41) is 4.26. The van der Waals surface area contributed by atoms with Gasteiger partial charge in [0.15, 0.2) is 0 Å². The molecule has 2 heterocycles.